The number of hydrogen-bond acceptors (Lipinski definition) is 3. The van der Waals surface area contributed by atoms with Crippen LogP contribution in [0.1, 0.15) is 73.5 Å². The van der Waals surface area contributed by atoms with Gasteiger partial charge in [0, 0.05) is 41.1 Å². The maximum absolute atomic E-state index is 13.4. The van der Waals surface area contributed by atoms with Gasteiger partial charge in [-0.25, -0.2) is 0 Å². The minimum Gasteiger partial charge on any atom is -0.490 e. The summed E-state index contributed by atoms with van der Waals surface area (Å²) in [6, 6.07) is 21.7. The molecule has 2 aliphatic rings. The lowest BCUT2D eigenvalue weighted by atomic mass is 9.87. The summed E-state index contributed by atoms with van der Waals surface area (Å²) in [6.45, 7) is 6.63. The maximum atomic E-state index is 13.4. The number of halogens is 3. The largest absolute Gasteiger partial charge is 0.490 e. The summed E-state index contributed by atoms with van der Waals surface area (Å²) in [4.78, 5) is 16.6. The van der Waals surface area contributed by atoms with Gasteiger partial charge in [0.25, 0.3) is 5.91 Å². The van der Waals surface area contributed by atoms with E-state index < -0.39 is 11.7 Å². The van der Waals surface area contributed by atoms with E-state index in [2.05, 4.69) is 45.0 Å². The lowest BCUT2D eigenvalue weighted by Gasteiger charge is -2.39. The number of amides is 1. The first-order chi connectivity index (χ1) is 18.5. The van der Waals surface area contributed by atoms with Crippen LogP contribution in [0.5, 0.6) is 5.75 Å². The molecule has 0 radical (unpaired) electrons. The molecular weight excluding hydrogens is 519 g/mol. The molecular formula is C32H34F3NO2S. The van der Waals surface area contributed by atoms with Crippen molar-refractivity contribution < 1.29 is 22.7 Å². The Balaban J connectivity index is 1.17. The lowest BCUT2D eigenvalue weighted by molar-refractivity contribution is -0.137. The molecule has 0 spiro atoms. The van der Waals surface area contributed by atoms with Crippen LogP contribution in [0.4, 0.5) is 13.2 Å². The van der Waals surface area contributed by atoms with E-state index in [1.807, 2.05) is 29.2 Å². The summed E-state index contributed by atoms with van der Waals surface area (Å²) >= 11 is 1.78. The van der Waals surface area contributed by atoms with E-state index in [0.717, 1.165) is 36.3 Å². The van der Waals surface area contributed by atoms with Crippen LogP contribution in [0, 0.1) is 0 Å². The van der Waals surface area contributed by atoms with Gasteiger partial charge in [0.2, 0.25) is 0 Å². The van der Waals surface area contributed by atoms with Crippen molar-refractivity contribution in [3.8, 4) is 5.75 Å². The fourth-order valence-corrected chi connectivity index (χ4v) is 6.46. The predicted molar refractivity (Wildman–Crippen MR) is 149 cm³/mol. The molecule has 5 rings (SSSR count). The highest BCUT2D eigenvalue weighted by Gasteiger charge is 2.44. The Hall–Kier alpha value is -2.93. The number of benzene rings is 3. The van der Waals surface area contributed by atoms with Gasteiger partial charge in [0.05, 0.1) is 5.56 Å². The van der Waals surface area contributed by atoms with Crippen LogP contribution in [0.3, 0.4) is 0 Å². The molecule has 39 heavy (non-hydrogen) atoms. The van der Waals surface area contributed by atoms with Crippen LogP contribution in [0.2, 0.25) is 0 Å². The van der Waals surface area contributed by atoms with Crippen molar-refractivity contribution in [1.82, 2.24) is 4.90 Å². The first kappa shape index (κ1) is 27.6. The summed E-state index contributed by atoms with van der Waals surface area (Å²) in [5.41, 5.74) is 2.57. The predicted octanol–water partition coefficient (Wildman–Crippen LogP) is 8.51. The van der Waals surface area contributed by atoms with Crippen LogP contribution < -0.4 is 4.74 Å². The number of rotatable bonds is 6. The van der Waals surface area contributed by atoms with Crippen LogP contribution in [0.15, 0.2) is 77.7 Å². The van der Waals surface area contributed by atoms with Gasteiger partial charge >= 0.3 is 6.18 Å². The third-order valence-electron chi connectivity index (χ3n) is 7.72. The summed E-state index contributed by atoms with van der Waals surface area (Å²) in [5.74, 6) is 1.08. The Morgan fingerprint density at radius 2 is 1.54 bits per heavy atom. The Bertz CT molecular complexity index is 1280. The minimum atomic E-state index is -4.40. The van der Waals surface area contributed by atoms with Gasteiger partial charge < -0.3 is 9.64 Å². The Kier molecular flexibility index (Phi) is 7.73. The molecule has 2 bridgehead atoms. The molecule has 0 saturated carbocycles. The SMILES string of the molecule is CC(C)(C)c1ccc(SCc2ccc(C(=O)N3C4CCC3CC(Oc3cccc(C(F)(F)F)c3)C4)cc2)cc1. The van der Waals surface area contributed by atoms with Gasteiger partial charge in [-0.1, -0.05) is 51.1 Å². The van der Waals surface area contributed by atoms with Gasteiger partial charge in [-0.2, -0.15) is 13.2 Å². The van der Waals surface area contributed by atoms with Crippen LogP contribution in [-0.2, 0) is 17.3 Å². The molecule has 2 heterocycles. The molecule has 2 aliphatic heterocycles. The van der Waals surface area contributed by atoms with E-state index in [1.54, 1.807) is 17.8 Å². The molecule has 7 heteroatoms. The zero-order valence-corrected chi connectivity index (χ0v) is 23.3. The van der Waals surface area contributed by atoms with E-state index in [-0.39, 0.29) is 35.3 Å². The van der Waals surface area contributed by atoms with E-state index in [0.29, 0.717) is 18.4 Å². The number of carbonyl (C=O) groups is 1. The van der Waals surface area contributed by atoms with Gasteiger partial charge in [-0.3, -0.25) is 4.79 Å². The molecule has 3 aromatic rings. The number of alkyl halides is 3. The zero-order valence-electron chi connectivity index (χ0n) is 22.5. The number of nitrogens with zero attached hydrogens (tertiary/aromatic N) is 1. The molecule has 1 amide bonds. The van der Waals surface area contributed by atoms with Crippen molar-refractivity contribution in [1.29, 1.82) is 0 Å². The summed E-state index contributed by atoms with van der Waals surface area (Å²) in [6.07, 6.45) is -1.57. The average molecular weight is 554 g/mol. The van der Waals surface area contributed by atoms with E-state index >= 15 is 0 Å². The molecule has 206 valence electrons. The summed E-state index contributed by atoms with van der Waals surface area (Å²) < 4.78 is 45.2. The fraction of sp³-hybridized carbons (Fsp3) is 0.406. The van der Waals surface area contributed by atoms with Crippen LogP contribution in [-0.4, -0.2) is 29.0 Å². The third kappa shape index (κ3) is 6.46. The van der Waals surface area contributed by atoms with Crippen LogP contribution >= 0.6 is 11.8 Å². The average Bonchev–Trinajstić information content (AvgIpc) is 3.16. The second-order valence-corrected chi connectivity index (χ2v) is 12.6. The third-order valence-corrected chi connectivity index (χ3v) is 8.80. The van der Waals surface area contributed by atoms with Gasteiger partial charge in [0.15, 0.2) is 0 Å². The monoisotopic (exact) mass is 553 g/mol. The van der Waals surface area contributed by atoms with Crippen molar-refractivity contribution in [2.45, 2.75) is 86.9 Å². The fourth-order valence-electron chi connectivity index (χ4n) is 5.60. The Labute approximate surface area is 232 Å². The molecule has 0 aliphatic carbocycles. The van der Waals surface area contributed by atoms with E-state index in [4.69, 9.17) is 4.74 Å². The van der Waals surface area contributed by atoms with Crippen molar-refractivity contribution in [3.05, 3.63) is 95.1 Å². The van der Waals surface area contributed by atoms with Crippen molar-refractivity contribution in [2.24, 2.45) is 0 Å². The summed E-state index contributed by atoms with van der Waals surface area (Å²) in [5, 5.41) is 0. The van der Waals surface area contributed by atoms with Crippen molar-refractivity contribution in [3.63, 3.8) is 0 Å². The zero-order chi connectivity index (χ0) is 27.8. The molecule has 2 atom stereocenters. The molecule has 0 aromatic heterocycles. The lowest BCUT2D eigenvalue weighted by Crippen LogP contribution is -2.49. The van der Waals surface area contributed by atoms with Gasteiger partial charge in [-0.05, 0) is 71.8 Å². The smallest absolute Gasteiger partial charge is 0.416 e. The van der Waals surface area contributed by atoms with Gasteiger partial charge in [0.1, 0.15) is 11.9 Å². The molecule has 3 aromatic carbocycles. The first-order valence-corrected chi connectivity index (χ1v) is 14.4. The minimum absolute atomic E-state index is 0.0250. The Morgan fingerprint density at radius 1 is 0.897 bits per heavy atom. The highest BCUT2D eigenvalue weighted by atomic mass is 32.2. The van der Waals surface area contributed by atoms with E-state index in [1.165, 1.54) is 16.5 Å². The number of thioether (sulfide) groups is 1. The normalized spacial score (nSPS) is 21.2. The van der Waals surface area contributed by atoms with Crippen molar-refractivity contribution in [2.75, 3.05) is 0 Å². The molecule has 3 nitrogen and oxygen atoms in total. The Morgan fingerprint density at radius 3 is 2.13 bits per heavy atom. The highest BCUT2D eigenvalue weighted by Crippen LogP contribution is 2.39. The standard InChI is InChI=1S/C32H34F3NO2S/c1-31(2,3)23-11-15-29(16-12-23)39-20-21-7-9-22(10-8-21)30(37)36-25-13-14-26(36)19-28(18-25)38-27-6-4-5-24(17-27)32(33,34)35/h4-12,15-17,25-26,28H,13-14,18-20H2,1-3H3. The second-order valence-electron chi connectivity index (χ2n) is 11.6. The number of fused-ring (bicyclic) bond motifs is 2. The van der Waals surface area contributed by atoms with Gasteiger partial charge in [-0.15, -0.1) is 11.8 Å². The number of carbonyl (C=O) groups excluding carboxylic acids is 1. The molecule has 2 saturated heterocycles. The molecule has 2 fully saturated rings. The second kappa shape index (κ2) is 10.9. The topological polar surface area (TPSA) is 29.5 Å². The number of piperidine rings is 1. The number of hydrogen-bond donors (Lipinski definition) is 0. The summed E-state index contributed by atoms with van der Waals surface area (Å²) in [7, 11) is 0. The molecule has 0 N–H and O–H groups in total. The van der Waals surface area contributed by atoms with Crippen LogP contribution in [0.25, 0.3) is 0 Å². The highest BCUT2D eigenvalue weighted by molar-refractivity contribution is 7.98. The number of ether oxygens (including phenoxy) is 1. The maximum Gasteiger partial charge on any atom is 0.416 e. The van der Waals surface area contributed by atoms with Crippen molar-refractivity contribution >= 4 is 17.7 Å². The molecule has 2 unspecified atom stereocenters. The quantitative estimate of drug-likeness (QED) is 0.287. The van der Waals surface area contributed by atoms with E-state index in [9.17, 15) is 18.0 Å². The first-order valence-electron chi connectivity index (χ1n) is 13.5.